The Balaban J connectivity index is 2.70. The maximum atomic E-state index is 5.24. The van der Waals surface area contributed by atoms with Crippen molar-refractivity contribution in [3.63, 3.8) is 0 Å². The van der Waals surface area contributed by atoms with Crippen molar-refractivity contribution in [3.05, 3.63) is 0 Å². The second-order valence-corrected chi connectivity index (χ2v) is 2.79. The molecule has 0 fully saturated rings. The summed E-state index contributed by atoms with van der Waals surface area (Å²) in [5, 5.41) is 0. The SMILES string of the molecule is [B]=CCCCCCCCC. The van der Waals surface area contributed by atoms with Crippen LogP contribution in [0.4, 0.5) is 0 Å². The summed E-state index contributed by atoms with van der Waals surface area (Å²) in [6.07, 6.45) is 9.25. The molecule has 0 nitrogen and oxygen atoms in total. The summed E-state index contributed by atoms with van der Waals surface area (Å²) in [5.74, 6) is 1.76. The maximum absolute atomic E-state index is 5.24. The predicted octanol–water partition coefficient (Wildman–Crippen LogP) is 2.71. The molecule has 0 aromatic heterocycles. The Morgan fingerprint density at radius 3 is 2.20 bits per heavy atom. The van der Waals surface area contributed by atoms with Gasteiger partial charge in [0.05, 0.1) is 0 Å². The molecule has 0 saturated carbocycles. The summed E-state index contributed by atoms with van der Waals surface area (Å²) in [4.78, 5) is 0. The molecule has 0 N–H and O–H groups in total. The van der Waals surface area contributed by atoms with E-state index in [0.717, 1.165) is 6.42 Å². The Morgan fingerprint density at radius 2 is 1.60 bits per heavy atom. The molecule has 0 aliphatic heterocycles. The van der Waals surface area contributed by atoms with E-state index in [1.54, 1.807) is 5.97 Å². The fraction of sp³-hybridized carbons (Fsp3) is 0.889. The molecular weight excluding hydrogens is 119 g/mol. The van der Waals surface area contributed by atoms with Crippen LogP contribution in [0.25, 0.3) is 0 Å². The van der Waals surface area contributed by atoms with Crippen LogP contribution in [0.2, 0.25) is 0 Å². The average Bonchev–Trinajstić information content (AvgIpc) is 1.97. The molecular formula is C9H18B. The van der Waals surface area contributed by atoms with Crippen LogP contribution in [-0.2, 0) is 0 Å². The van der Waals surface area contributed by atoms with Crippen LogP contribution >= 0.6 is 0 Å². The van der Waals surface area contributed by atoms with Crippen LogP contribution in [0.5, 0.6) is 0 Å². The fourth-order valence-corrected chi connectivity index (χ4v) is 1.04. The number of hydrogen-bond donors (Lipinski definition) is 0. The van der Waals surface area contributed by atoms with E-state index in [2.05, 4.69) is 6.92 Å². The van der Waals surface area contributed by atoms with Gasteiger partial charge in [-0.2, -0.15) is 0 Å². The van der Waals surface area contributed by atoms with Gasteiger partial charge in [0.25, 0.3) is 0 Å². The van der Waals surface area contributed by atoms with Crippen LogP contribution in [-0.4, -0.2) is 13.5 Å². The van der Waals surface area contributed by atoms with E-state index in [1.807, 2.05) is 0 Å². The summed E-state index contributed by atoms with van der Waals surface area (Å²) in [5.41, 5.74) is 0. The van der Waals surface area contributed by atoms with Gasteiger partial charge in [0.15, 0.2) is 0 Å². The van der Waals surface area contributed by atoms with E-state index in [4.69, 9.17) is 7.49 Å². The summed E-state index contributed by atoms with van der Waals surface area (Å²) in [6.45, 7) is 2.24. The minimum absolute atomic E-state index is 1.09. The van der Waals surface area contributed by atoms with Crippen molar-refractivity contribution in [2.75, 3.05) is 0 Å². The zero-order chi connectivity index (χ0) is 7.66. The monoisotopic (exact) mass is 137 g/mol. The Hall–Kier alpha value is -0.0651. The summed E-state index contributed by atoms with van der Waals surface area (Å²) in [6, 6.07) is 0. The first-order valence-electron chi connectivity index (χ1n) is 4.45. The van der Waals surface area contributed by atoms with Crippen molar-refractivity contribution in [2.45, 2.75) is 51.9 Å². The van der Waals surface area contributed by atoms with Gasteiger partial charge in [-0.15, -0.1) is 0 Å². The Bertz CT molecular complexity index is 69.1. The third-order valence-corrected chi connectivity index (χ3v) is 1.72. The Labute approximate surface area is 66.1 Å². The van der Waals surface area contributed by atoms with E-state index in [9.17, 15) is 0 Å². The van der Waals surface area contributed by atoms with Gasteiger partial charge in [0.1, 0.15) is 0 Å². The zero-order valence-electron chi connectivity index (χ0n) is 7.10. The van der Waals surface area contributed by atoms with Crippen molar-refractivity contribution in [1.29, 1.82) is 0 Å². The van der Waals surface area contributed by atoms with Gasteiger partial charge in [-0.25, -0.2) is 0 Å². The van der Waals surface area contributed by atoms with Crippen LogP contribution in [0.3, 0.4) is 0 Å². The molecule has 0 aliphatic carbocycles. The topological polar surface area (TPSA) is 0 Å². The second-order valence-electron chi connectivity index (χ2n) is 2.79. The summed E-state index contributed by atoms with van der Waals surface area (Å²) >= 11 is 0. The molecule has 57 valence electrons. The molecule has 0 aliphatic rings. The van der Waals surface area contributed by atoms with E-state index in [0.29, 0.717) is 0 Å². The van der Waals surface area contributed by atoms with Crippen molar-refractivity contribution < 1.29 is 0 Å². The molecule has 0 atom stereocenters. The number of hydrogen-bond acceptors (Lipinski definition) is 0. The summed E-state index contributed by atoms with van der Waals surface area (Å²) < 4.78 is 0. The molecule has 0 spiro atoms. The van der Waals surface area contributed by atoms with Gasteiger partial charge in [-0.05, 0) is 0 Å². The molecule has 0 aromatic rings. The van der Waals surface area contributed by atoms with Crippen molar-refractivity contribution >= 4 is 13.5 Å². The number of rotatable bonds is 7. The van der Waals surface area contributed by atoms with Crippen LogP contribution in [0.1, 0.15) is 51.9 Å². The summed E-state index contributed by atoms with van der Waals surface area (Å²) in [7, 11) is 5.24. The minimum atomic E-state index is 1.09. The molecule has 1 heteroatoms. The third kappa shape index (κ3) is 7.93. The molecule has 0 amide bonds. The van der Waals surface area contributed by atoms with Gasteiger partial charge in [0, 0.05) is 0 Å². The molecule has 0 rings (SSSR count). The Kier molecular flexibility index (Phi) is 8.88. The first kappa shape index (κ1) is 9.93. The fourth-order valence-electron chi connectivity index (χ4n) is 1.04. The molecule has 0 bridgehead atoms. The van der Waals surface area contributed by atoms with Crippen LogP contribution in [0, 0.1) is 0 Å². The van der Waals surface area contributed by atoms with Gasteiger partial charge in [0.2, 0.25) is 0 Å². The Morgan fingerprint density at radius 1 is 1.00 bits per heavy atom. The van der Waals surface area contributed by atoms with Crippen LogP contribution < -0.4 is 0 Å². The zero-order valence-corrected chi connectivity index (χ0v) is 7.10. The third-order valence-electron chi connectivity index (χ3n) is 1.72. The molecule has 1 radical (unpaired) electrons. The van der Waals surface area contributed by atoms with Gasteiger partial charge in [-0.3, -0.25) is 0 Å². The first-order valence-corrected chi connectivity index (χ1v) is 4.45. The molecule has 0 aromatic carbocycles. The van der Waals surface area contributed by atoms with E-state index in [-0.39, 0.29) is 0 Å². The standard InChI is InChI=1S/C9H18B/c1-2-3-4-5-6-7-8-9-10/h9H,2-8H2,1H3. The van der Waals surface area contributed by atoms with Crippen molar-refractivity contribution in [3.8, 4) is 0 Å². The van der Waals surface area contributed by atoms with Gasteiger partial charge in [-0.1, -0.05) is 0 Å². The molecule has 0 unspecified atom stereocenters. The molecule has 10 heavy (non-hydrogen) atoms. The van der Waals surface area contributed by atoms with Gasteiger partial charge < -0.3 is 0 Å². The van der Waals surface area contributed by atoms with Gasteiger partial charge >= 0.3 is 65.3 Å². The van der Waals surface area contributed by atoms with Crippen molar-refractivity contribution in [2.24, 2.45) is 0 Å². The molecule has 0 saturated heterocycles. The predicted molar refractivity (Wildman–Crippen MR) is 49.8 cm³/mol. The van der Waals surface area contributed by atoms with E-state index < -0.39 is 0 Å². The second kappa shape index (κ2) is 8.93. The molecule has 0 heterocycles. The first-order chi connectivity index (χ1) is 4.91. The normalized spacial score (nSPS) is 9.60. The van der Waals surface area contributed by atoms with Crippen molar-refractivity contribution in [1.82, 2.24) is 0 Å². The van der Waals surface area contributed by atoms with E-state index >= 15 is 0 Å². The van der Waals surface area contributed by atoms with E-state index in [1.165, 1.54) is 38.5 Å². The van der Waals surface area contributed by atoms with Crippen LogP contribution in [0.15, 0.2) is 0 Å². The number of unbranched alkanes of at least 4 members (excludes halogenated alkanes) is 6. The quantitative estimate of drug-likeness (QED) is 0.373. The average molecular weight is 137 g/mol.